The number of ether oxygens (including phenoxy) is 9. The largest absolute Gasteiger partial charge is 0.743 e. The normalized spacial score (nSPS) is 35.2. The van der Waals surface area contributed by atoms with E-state index in [-0.39, 0.29) is 39.6 Å². The molecule has 8 aliphatic carbocycles. The fourth-order valence-electron chi connectivity index (χ4n) is 22.2. The molecule has 0 aromatic heterocycles. The zero-order chi connectivity index (χ0) is 87.6. The maximum absolute atomic E-state index is 13.8. The Balaban J connectivity index is 0.000000177. The summed E-state index contributed by atoms with van der Waals surface area (Å²) in [7, 11) is -23.9. The molecule has 20 unspecified atom stereocenters. The van der Waals surface area contributed by atoms with Crippen LogP contribution >= 0.6 is 11.8 Å². The summed E-state index contributed by atoms with van der Waals surface area (Å²) in [5.74, 6) is -7.51. The molecule has 0 amide bonds. The minimum Gasteiger partial charge on any atom is -0.743 e. The molecule has 8 saturated carbocycles. The van der Waals surface area contributed by atoms with Crippen LogP contribution in [0.2, 0.25) is 0 Å². The van der Waals surface area contributed by atoms with Crippen molar-refractivity contribution in [3.63, 3.8) is 0 Å². The molecule has 6 heterocycles. The number of fused-ring (bicyclic) bond motifs is 2. The molecule has 0 spiro atoms. The van der Waals surface area contributed by atoms with Crippen molar-refractivity contribution in [1.29, 1.82) is 0 Å². The van der Waals surface area contributed by atoms with E-state index in [1.165, 1.54) is 11.8 Å². The van der Waals surface area contributed by atoms with Crippen LogP contribution in [0.15, 0.2) is 0 Å². The van der Waals surface area contributed by atoms with E-state index in [1.807, 2.05) is 27.7 Å². The topological polar surface area (TPSA) is 495 Å². The summed E-state index contributed by atoms with van der Waals surface area (Å²) < 4.78 is 283. The Hall–Kier alpha value is -4.03. The van der Waals surface area contributed by atoms with Gasteiger partial charge in [-0.3, -0.25) is 19.2 Å². The third kappa shape index (κ3) is 16.8. The van der Waals surface area contributed by atoms with E-state index in [1.54, 1.807) is 27.7 Å². The second-order valence-corrected chi connectivity index (χ2v) is 41.1. The first-order valence-corrected chi connectivity index (χ1v) is 45.7. The van der Waals surface area contributed by atoms with Gasteiger partial charge < -0.3 is 81.3 Å². The average Bonchev–Trinajstić information content (AvgIpc) is 1.06. The van der Waals surface area contributed by atoms with E-state index >= 15 is 0 Å². The van der Waals surface area contributed by atoms with Crippen LogP contribution in [-0.4, -0.2) is 236 Å². The molecule has 6 aliphatic heterocycles. The van der Waals surface area contributed by atoms with Crippen LogP contribution in [0.5, 0.6) is 0 Å². The maximum atomic E-state index is 13.8. The lowest BCUT2D eigenvalue weighted by atomic mass is 9.40. The smallest absolute Gasteiger partial charge is 0.370 e. The molecule has 4 N–H and O–H groups in total. The fraction of sp³-hybridized carbons (Fsp3) is 0.917. The van der Waals surface area contributed by atoms with Gasteiger partial charge in [0, 0.05) is 22.5 Å². The van der Waals surface area contributed by atoms with Crippen molar-refractivity contribution >= 4 is 88.1 Å². The standard InChI is InChI=1S/2C19H30F2O6S.C17H24F2O10S.C17H24F2O9S2/c1-4-18(23,5-2)17-9-13-6-14(10-17)8-16(7-13,11-17)15(22)27-12(3)19(20,21)28(24,25)26;1-4-18(23,5-2)17-8-12-6-13(9-17)15(14(7-12)10-17)16(22)27-11(3)19(20,21)28(24,25)26;1-4-16(22,5-2)10-9-11-14(29-15(9)21)13(12(10)28-11)26-6-8(20)27-7(3)17(18,19)30(23,24)25;1-4-16(22,5-2)10-9-13-12(28-15(9)21)11(14(10)29-13)26-6-8(20)27-7(3)17(18,19)30(23,24)25/h12-14,23H,4-11H2,1-3H3,(H,24,25,26);11-15,23H,4-10H2,1-3H3,(H,24,25,26);2*7,9-14,22H,4-6H2,1-3H3,(H,23,24,25)/p-4. The first kappa shape index (κ1) is 95.8. The van der Waals surface area contributed by atoms with Gasteiger partial charge in [0.15, 0.2) is 71.0 Å². The van der Waals surface area contributed by atoms with Crippen molar-refractivity contribution in [1.82, 2.24) is 0 Å². The molecule has 0 radical (unpaired) electrons. The summed E-state index contributed by atoms with van der Waals surface area (Å²) in [6.45, 7) is 15.8. The highest BCUT2D eigenvalue weighted by Gasteiger charge is 2.75. The SMILES string of the molecule is CCC(O)(CC)C12CC3CC(C1)C(C(=O)OC(C)C(F)(F)S(=O)(=O)[O-])C(C3)C2.CCC(O)(CC)C12CC3CC(CC(C(=O)OC(C)C(F)(F)S(=O)(=O)[O-])(C3)C1)C2.CCC(O)(CC)C1C2OC3C(OC(=O)C31)C2OCC(=O)OC(C)C(F)(F)S(=O)(=O)[O-].CCC(O)(CC)C1C2SC3C(OC(=O)C31)C2OCC(=O)OC(C)C(F)(F)S(=O)(=O)[O-]. The summed E-state index contributed by atoms with van der Waals surface area (Å²) in [5, 5.41) is 25.0. The van der Waals surface area contributed by atoms with Gasteiger partial charge in [-0.05, 0) is 185 Å². The van der Waals surface area contributed by atoms with Crippen molar-refractivity contribution in [2.45, 2.75) is 320 Å². The molecular weight excluding hydrogens is 1670 g/mol. The molecular formula is C72H104F8O31S5-4. The molecule has 14 rings (SSSR count). The highest BCUT2D eigenvalue weighted by molar-refractivity contribution is 8.01. The van der Waals surface area contributed by atoms with Crippen molar-refractivity contribution in [3.8, 4) is 0 Å². The first-order chi connectivity index (χ1) is 53.1. The Morgan fingerprint density at radius 1 is 0.466 bits per heavy atom. The number of carbonyl (C=O) groups is 6. The molecule has 44 heteroatoms. The predicted octanol–water partition coefficient (Wildman–Crippen LogP) is 6.82. The molecule has 0 aromatic rings. The van der Waals surface area contributed by atoms with Gasteiger partial charge in [-0.25, -0.2) is 43.3 Å². The van der Waals surface area contributed by atoms with E-state index in [9.17, 15) is 136 Å². The van der Waals surface area contributed by atoms with E-state index in [0.717, 1.165) is 52.4 Å². The number of rotatable bonds is 32. The summed E-state index contributed by atoms with van der Waals surface area (Å²) in [4.78, 5) is 74.1. The summed E-state index contributed by atoms with van der Waals surface area (Å²) in [6.07, 6.45) is -2.87. The van der Waals surface area contributed by atoms with Crippen molar-refractivity contribution < 1.29 is 179 Å². The number of aliphatic hydroxyl groups is 4. The number of hydrogen-bond acceptors (Lipinski definition) is 32. The summed E-state index contributed by atoms with van der Waals surface area (Å²) in [5.41, 5.74) is -5.85. The van der Waals surface area contributed by atoms with Gasteiger partial charge in [0.2, 0.25) is 0 Å². The fourth-order valence-corrected chi connectivity index (χ4v) is 26.2. The second kappa shape index (κ2) is 33.2. The van der Waals surface area contributed by atoms with Crippen LogP contribution in [0.25, 0.3) is 0 Å². The third-order valence-electron chi connectivity index (χ3n) is 28.1. The monoisotopic (exact) mass is 1780 g/mol. The van der Waals surface area contributed by atoms with Crippen LogP contribution in [0.4, 0.5) is 35.1 Å². The Bertz CT molecular complexity index is 3980. The summed E-state index contributed by atoms with van der Waals surface area (Å²) >= 11 is 1.44. The third-order valence-corrected chi connectivity index (χ3v) is 33.8. The van der Waals surface area contributed by atoms with Crippen LogP contribution < -0.4 is 0 Å². The zero-order valence-electron chi connectivity index (χ0n) is 65.9. The van der Waals surface area contributed by atoms with E-state index in [4.69, 9.17) is 33.2 Å². The minimum atomic E-state index is -6.03. The minimum absolute atomic E-state index is 0.0759. The highest BCUT2D eigenvalue weighted by Crippen LogP contribution is 2.71. The molecule has 6 saturated heterocycles. The van der Waals surface area contributed by atoms with Gasteiger partial charge in [0.05, 0.1) is 56.9 Å². The Morgan fingerprint density at radius 3 is 1.27 bits per heavy atom. The van der Waals surface area contributed by atoms with Gasteiger partial charge in [0.25, 0.3) is 0 Å². The van der Waals surface area contributed by atoms with Gasteiger partial charge in [-0.1, -0.05) is 55.4 Å². The van der Waals surface area contributed by atoms with Gasteiger partial charge in [0.1, 0.15) is 37.6 Å². The number of esters is 6. The Morgan fingerprint density at radius 2 is 0.845 bits per heavy atom. The van der Waals surface area contributed by atoms with E-state index in [2.05, 4.69) is 9.47 Å². The number of alkyl halides is 8. The Labute approximate surface area is 672 Å². The molecule has 12 bridgehead atoms. The van der Waals surface area contributed by atoms with Gasteiger partial charge in [-0.15, -0.1) is 11.8 Å². The van der Waals surface area contributed by atoms with Crippen LogP contribution in [-0.2, 0) is 112 Å². The van der Waals surface area contributed by atoms with Gasteiger partial charge in [-0.2, -0.15) is 35.1 Å². The lowest BCUT2D eigenvalue weighted by Gasteiger charge is -2.65. The molecule has 20 atom stereocenters. The molecule has 116 heavy (non-hydrogen) atoms. The number of thioether (sulfide) groups is 1. The van der Waals surface area contributed by atoms with Crippen LogP contribution in [0.1, 0.15) is 205 Å². The van der Waals surface area contributed by atoms with Crippen LogP contribution in [0, 0.1) is 75.4 Å². The van der Waals surface area contributed by atoms with Gasteiger partial charge >= 0.3 is 56.8 Å². The Kier molecular flexibility index (Phi) is 27.4. The van der Waals surface area contributed by atoms with E-state index in [0.29, 0.717) is 103 Å². The van der Waals surface area contributed by atoms with Crippen molar-refractivity contribution in [2.24, 2.45) is 75.4 Å². The average molecular weight is 1780 g/mol. The molecule has 0 aromatic carbocycles. The number of halogens is 8. The number of carbonyl (C=O) groups excluding carboxylic acids is 6. The van der Waals surface area contributed by atoms with Crippen molar-refractivity contribution in [2.75, 3.05) is 13.2 Å². The quantitative estimate of drug-likeness (QED) is 0.0232. The molecule has 14 aliphatic rings. The molecule has 14 fully saturated rings. The first-order valence-electron chi connectivity index (χ1n) is 39.1. The maximum Gasteiger partial charge on any atom is 0.370 e. The highest BCUT2D eigenvalue weighted by atomic mass is 32.2. The molecule has 668 valence electrons. The van der Waals surface area contributed by atoms with E-state index < -0.39 is 234 Å². The van der Waals surface area contributed by atoms with Crippen molar-refractivity contribution in [3.05, 3.63) is 0 Å². The number of hydrogen-bond donors (Lipinski definition) is 4. The zero-order valence-corrected chi connectivity index (χ0v) is 70.0. The molecule has 31 nitrogen and oxygen atoms in total. The summed E-state index contributed by atoms with van der Waals surface area (Å²) in [6, 6.07) is 0. The second-order valence-electron chi connectivity index (χ2n) is 33.9. The van der Waals surface area contributed by atoms with Crippen LogP contribution in [0.3, 0.4) is 0 Å². The lowest BCUT2D eigenvalue weighted by molar-refractivity contribution is -0.224. The predicted molar refractivity (Wildman–Crippen MR) is 379 cm³/mol. The lowest BCUT2D eigenvalue weighted by Crippen LogP contribution is -2.63.